The summed E-state index contributed by atoms with van der Waals surface area (Å²) >= 11 is 0. The Kier molecular flexibility index (Phi) is 3.53. The minimum absolute atomic E-state index is 0.542. The lowest BCUT2D eigenvalue weighted by Gasteiger charge is -2.40. The Bertz CT molecular complexity index is 665. The fraction of sp³-hybridized carbons (Fsp3) is 0.412. The topological polar surface area (TPSA) is 53.4 Å². The van der Waals surface area contributed by atoms with Crippen molar-refractivity contribution >= 4 is 22.6 Å². The van der Waals surface area contributed by atoms with Gasteiger partial charge in [0.25, 0.3) is 0 Å². The largest absolute Gasteiger partial charge is 0.481 e. The van der Waals surface area contributed by atoms with Gasteiger partial charge in [0.15, 0.2) is 0 Å². The summed E-state index contributed by atoms with van der Waals surface area (Å²) < 4.78 is 0. The van der Waals surface area contributed by atoms with Crippen molar-refractivity contribution in [2.24, 2.45) is 5.41 Å². The molecule has 4 heteroatoms. The molecule has 0 saturated carbocycles. The second kappa shape index (κ2) is 5.35. The van der Waals surface area contributed by atoms with Crippen LogP contribution in [0.25, 0.3) is 10.8 Å². The number of hydrogen-bond donors (Lipinski definition) is 1. The molecule has 0 amide bonds. The summed E-state index contributed by atoms with van der Waals surface area (Å²) in [6.07, 6.45) is 4.11. The monoisotopic (exact) mass is 284 g/mol. The average Bonchev–Trinajstić information content (AvgIpc) is 2.54. The van der Waals surface area contributed by atoms with Crippen LogP contribution >= 0.6 is 0 Å². The lowest BCUT2D eigenvalue weighted by molar-refractivity contribution is -0.149. The fourth-order valence-corrected chi connectivity index (χ4v) is 3.28. The van der Waals surface area contributed by atoms with Gasteiger partial charge in [-0.05, 0) is 30.7 Å². The van der Waals surface area contributed by atoms with Crippen LogP contribution in [-0.4, -0.2) is 29.1 Å². The predicted octanol–water partition coefficient (Wildman–Crippen LogP) is 3.32. The van der Waals surface area contributed by atoms with Gasteiger partial charge in [-0.1, -0.05) is 31.2 Å². The number of aliphatic carboxylic acids is 1. The van der Waals surface area contributed by atoms with Crippen LogP contribution in [0.4, 0.5) is 5.82 Å². The molecule has 1 aliphatic heterocycles. The molecule has 1 N–H and O–H groups in total. The van der Waals surface area contributed by atoms with E-state index in [0.29, 0.717) is 13.0 Å². The van der Waals surface area contributed by atoms with Crippen LogP contribution in [0.5, 0.6) is 0 Å². The second-order valence-corrected chi connectivity index (χ2v) is 5.82. The van der Waals surface area contributed by atoms with Crippen molar-refractivity contribution in [3.63, 3.8) is 0 Å². The Morgan fingerprint density at radius 1 is 1.38 bits per heavy atom. The molecule has 21 heavy (non-hydrogen) atoms. The van der Waals surface area contributed by atoms with Gasteiger partial charge in [0.2, 0.25) is 0 Å². The molecule has 1 saturated heterocycles. The maximum Gasteiger partial charge on any atom is 0.311 e. The second-order valence-electron chi connectivity index (χ2n) is 5.82. The number of carboxylic acid groups (broad SMARTS) is 1. The molecule has 110 valence electrons. The molecule has 4 nitrogen and oxygen atoms in total. The summed E-state index contributed by atoms with van der Waals surface area (Å²) in [5.41, 5.74) is -0.642. The molecule has 3 rings (SSSR count). The minimum Gasteiger partial charge on any atom is -0.481 e. The zero-order valence-corrected chi connectivity index (χ0v) is 12.2. The standard InChI is InChI=1S/C17H20N2O2/c1-2-17(16(20)21)9-5-11-19(12-17)15-14-7-4-3-6-13(14)8-10-18-15/h3-4,6-8,10H,2,5,9,11-12H2,1H3,(H,20,21). The molecule has 2 aromatic rings. The van der Waals surface area contributed by atoms with Crippen molar-refractivity contribution in [2.45, 2.75) is 26.2 Å². The highest BCUT2D eigenvalue weighted by molar-refractivity contribution is 5.92. The van der Waals surface area contributed by atoms with E-state index in [1.165, 1.54) is 0 Å². The summed E-state index contributed by atoms with van der Waals surface area (Å²) in [6, 6.07) is 10.1. The molecule has 2 heterocycles. The fourth-order valence-electron chi connectivity index (χ4n) is 3.28. The van der Waals surface area contributed by atoms with E-state index in [1.807, 2.05) is 25.1 Å². The predicted molar refractivity (Wildman–Crippen MR) is 83.5 cm³/mol. The quantitative estimate of drug-likeness (QED) is 0.939. The van der Waals surface area contributed by atoms with Gasteiger partial charge < -0.3 is 10.0 Å². The van der Waals surface area contributed by atoms with Gasteiger partial charge in [0.1, 0.15) is 5.82 Å². The molecular weight excluding hydrogens is 264 g/mol. The number of piperidine rings is 1. The zero-order valence-electron chi connectivity index (χ0n) is 12.2. The molecule has 0 spiro atoms. The van der Waals surface area contributed by atoms with E-state index >= 15 is 0 Å². The molecule has 0 radical (unpaired) electrons. The van der Waals surface area contributed by atoms with Gasteiger partial charge >= 0.3 is 5.97 Å². The van der Waals surface area contributed by atoms with Gasteiger partial charge in [0, 0.05) is 24.7 Å². The van der Waals surface area contributed by atoms with E-state index < -0.39 is 11.4 Å². The molecule has 0 aliphatic carbocycles. The van der Waals surface area contributed by atoms with Crippen LogP contribution < -0.4 is 4.90 Å². The lowest BCUT2D eigenvalue weighted by atomic mass is 9.77. The summed E-state index contributed by atoms with van der Waals surface area (Å²) in [4.78, 5) is 18.4. The summed E-state index contributed by atoms with van der Waals surface area (Å²) in [5, 5.41) is 11.9. The van der Waals surface area contributed by atoms with E-state index in [2.05, 4.69) is 22.0 Å². The maximum atomic E-state index is 11.7. The lowest BCUT2D eigenvalue weighted by Crippen LogP contribution is -2.48. The minimum atomic E-state index is -0.685. The third-order valence-corrected chi connectivity index (χ3v) is 4.66. The average molecular weight is 284 g/mol. The first-order valence-electron chi connectivity index (χ1n) is 7.48. The van der Waals surface area contributed by atoms with Crippen LogP contribution in [0, 0.1) is 5.41 Å². The van der Waals surface area contributed by atoms with Crippen LogP contribution in [-0.2, 0) is 4.79 Å². The van der Waals surface area contributed by atoms with Gasteiger partial charge in [-0.3, -0.25) is 4.79 Å². The number of aromatic nitrogens is 1. The van der Waals surface area contributed by atoms with E-state index in [9.17, 15) is 9.90 Å². The van der Waals surface area contributed by atoms with E-state index in [1.54, 1.807) is 6.20 Å². The summed E-state index contributed by atoms with van der Waals surface area (Å²) in [6.45, 7) is 3.38. The van der Waals surface area contributed by atoms with Gasteiger partial charge in [-0.2, -0.15) is 0 Å². The number of benzene rings is 1. The van der Waals surface area contributed by atoms with Gasteiger partial charge in [0.05, 0.1) is 5.41 Å². The van der Waals surface area contributed by atoms with Crippen LogP contribution in [0.3, 0.4) is 0 Å². The van der Waals surface area contributed by atoms with Crippen molar-refractivity contribution < 1.29 is 9.90 Å². The Hall–Kier alpha value is -2.10. The number of hydrogen-bond acceptors (Lipinski definition) is 3. The third kappa shape index (κ3) is 2.35. The van der Waals surface area contributed by atoms with Crippen LogP contribution in [0.2, 0.25) is 0 Å². The molecule has 1 atom stereocenters. The number of carboxylic acids is 1. The Balaban J connectivity index is 2.01. The number of nitrogens with zero attached hydrogens (tertiary/aromatic N) is 2. The Morgan fingerprint density at radius 2 is 2.19 bits per heavy atom. The highest BCUT2D eigenvalue weighted by atomic mass is 16.4. The van der Waals surface area contributed by atoms with Gasteiger partial charge in [-0.25, -0.2) is 4.98 Å². The third-order valence-electron chi connectivity index (χ3n) is 4.66. The Labute approximate surface area is 124 Å². The smallest absolute Gasteiger partial charge is 0.311 e. The highest BCUT2D eigenvalue weighted by Crippen LogP contribution is 2.37. The van der Waals surface area contributed by atoms with E-state index in [-0.39, 0.29) is 0 Å². The highest BCUT2D eigenvalue weighted by Gasteiger charge is 2.41. The molecule has 1 aliphatic rings. The zero-order chi connectivity index (χ0) is 14.9. The number of anilines is 1. The number of pyridine rings is 1. The molecule has 1 fully saturated rings. The molecular formula is C17H20N2O2. The maximum absolute atomic E-state index is 11.7. The molecule has 1 aromatic carbocycles. The van der Waals surface area contributed by atoms with E-state index in [0.717, 1.165) is 36.0 Å². The normalized spacial score (nSPS) is 22.4. The molecule has 0 bridgehead atoms. The van der Waals surface area contributed by atoms with Crippen molar-refractivity contribution in [1.29, 1.82) is 0 Å². The van der Waals surface area contributed by atoms with Crippen LogP contribution in [0.1, 0.15) is 26.2 Å². The summed E-state index contributed by atoms with van der Waals surface area (Å²) in [5.74, 6) is 0.224. The SMILES string of the molecule is CCC1(C(=O)O)CCCN(c2nccc3ccccc23)C1. The Morgan fingerprint density at radius 3 is 2.95 bits per heavy atom. The van der Waals surface area contributed by atoms with Crippen LogP contribution in [0.15, 0.2) is 36.5 Å². The first-order chi connectivity index (χ1) is 10.2. The number of rotatable bonds is 3. The van der Waals surface area contributed by atoms with E-state index in [4.69, 9.17) is 0 Å². The number of carbonyl (C=O) groups is 1. The van der Waals surface area contributed by atoms with Crippen molar-refractivity contribution in [1.82, 2.24) is 4.98 Å². The number of fused-ring (bicyclic) bond motifs is 1. The van der Waals surface area contributed by atoms with Crippen molar-refractivity contribution in [2.75, 3.05) is 18.0 Å². The van der Waals surface area contributed by atoms with Crippen molar-refractivity contribution in [3.05, 3.63) is 36.5 Å². The summed E-state index contributed by atoms with van der Waals surface area (Å²) in [7, 11) is 0. The molecule has 1 aromatic heterocycles. The first-order valence-corrected chi connectivity index (χ1v) is 7.48. The molecule has 1 unspecified atom stereocenters. The van der Waals surface area contributed by atoms with Gasteiger partial charge in [-0.15, -0.1) is 0 Å². The first kappa shape index (κ1) is 13.9. The van der Waals surface area contributed by atoms with Crippen molar-refractivity contribution in [3.8, 4) is 0 Å².